The molecule has 4 heteroatoms. The van der Waals surface area contributed by atoms with Crippen LogP contribution in [0.1, 0.15) is 67.0 Å². The van der Waals surface area contributed by atoms with Gasteiger partial charge in [0.1, 0.15) is 11.6 Å². The van der Waals surface area contributed by atoms with Crippen molar-refractivity contribution in [3.05, 3.63) is 70.7 Å². The van der Waals surface area contributed by atoms with Gasteiger partial charge in [-0.2, -0.15) is 0 Å². The van der Waals surface area contributed by atoms with Crippen LogP contribution in [-0.4, -0.2) is 28.3 Å². The van der Waals surface area contributed by atoms with Crippen molar-refractivity contribution < 1.29 is 9.18 Å². The average Bonchev–Trinajstić information content (AvgIpc) is 3.17. The van der Waals surface area contributed by atoms with Crippen molar-refractivity contribution in [3.8, 4) is 0 Å². The van der Waals surface area contributed by atoms with Crippen molar-refractivity contribution in [3.63, 3.8) is 0 Å². The van der Waals surface area contributed by atoms with Crippen LogP contribution in [0.4, 0.5) is 4.39 Å². The van der Waals surface area contributed by atoms with Crippen molar-refractivity contribution in [2.24, 2.45) is 0 Å². The zero-order valence-corrected chi connectivity index (χ0v) is 18.7. The lowest BCUT2D eigenvalue weighted by Crippen LogP contribution is -2.34. The Morgan fingerprint density at radius 3 is 2.68 bits per heavy atom. The molecule has 3 atom stereocenters. The van der Waals surface area contributed by atoms with Gasteiger partial charge in [0.25, 0.3) is 0 Å². The Labute approximate surface area is 183 Å². The first-order valence-electron chi connectivity index (χ1n) is 11.6. The predicted molar refractivity (Wildman–Crippen MR) is 123 cm³/mol. The van der Waals surface area contributed by atoms with Crippen molar-refractivity contribution in [1.29, 1.82) is 0 Å². The van der Waals surface area contributed by atoms with Gasteiger partial charge in [-0.15, -0.1) is 0 Å². The van der Waals surface area contributed by atoms with Crippen LogP contribution in [0.5, 0.6) is 0 Å². The Bertz CT molecular complexity index is 1130. The molecule has 1 saturated heterocycles. The molecule has 2 aliphatic heterocycles. The number of ketones is 1. The maximum absolute atomic E-state index is 13.6. The standard InChI is InChI=1S/C27H31FN2O/c1-4-22(31)14-19(18-6-8-20(28)9-7-18)16-30-24-11-5-17(2)13-23(24)27-25-12-10-21(29(25)3)15-26(27)30/h5-9,11,13,19,21,25H,4,10,12,14-16H2,1-3H3. The fraction of sp³-hybridized carbons (Fsp3) is 0.444. The van der Waals surface area contributed by atoms with Crippen LogP contribution >= 0.6 is 0 Å². The minimum atomic E-state index is -0.233. The van der Waals surface area contributed by atoms with Gasteiger partial charge < -0.3 is 4.57 Å². The first kappa shape index (κ1) is 20.4. The highest BCUT2D eigenvalue weighted by atomic mass is 19.1. The molecule has 0 aliphatic carbocycles. The lowest BCUT2D eigenvalue weighted by Gasteiger charge is -2.33. The lowest BCUT2D eigenvalue weighted by molar-refractivity contribution is -0.119. The van der Waals surface area contributed by atoms with Gasteiger partial charge in [0, 0.05) is 60.4 Å². The molecule has 3 unspecified atom stereocenters. The Kier molecular flexibility index (Phi) is 5.21. The normalized spacial score (nSPS) is 21.4. The minimum Gasteiger partial charge on any atom is -0.344 e. The first-order valence-corrected chi connectivity index (χ1v) is 11.6. The quantitative estimate of drug-likeness (QED) is 0.495. The maximum atomic E-state index is 13.6. The van der Waals surface area contributed by atoms with Gasteiger partial charge in [-0.1, -0.05) is 30.7 Å². The summed E-state index contributed by atoms with van der Waals surface area (Å²) in [5.74, 6) is 0.0739. The Balaban J connectivity index is 1.63. The van der Waals surface area contributed by atoms with Crippen LogP contribution < -0.4 is 0 Å². The number of rotatable bonds is 6. The second-order valence-electron chi connectivity index (χ2n) is 9.45. The monoisotopic (exact) mass is 418 g/mol. The molecule has 2 aliphatic rings. The third-order valence-electron chi connectivity index (χ3n) is 7.59. The minimum absolute atomic E-state index is 0.0476. The number of nitrogens with zero attached hydrogens (tertiary/aromatic N) is 2. The smallest absolute Gasteiger partial charge is 0.133 e. The molecule has 31 heavy (non-hydrogen) atoms. The topological polar surface area (TPSA) is 25.2 Å². The van der Waals surface area contributed by atoms with Crippen LogP contribution in [0, 0.1) is 12.7 Å². The SMILES string of the molecule is CCC(=O)CC(Cn1c2c(c3cc(C)ccc31)C1CCC(C2)N1C)c1ccc(F)cc1. The van der Waals surface area contributed by atoms with Crippen molar-refractivity contribution in [2.45, 2.75) is 70.5 Å². The molecule has 3 nitrogen and oxygen atoms in total. The number of halogens is 1. The van der Waals surface area contributed by atoms with E-state index in [1.54, 1.807) is 0 Å². The summed E-state index contributed by atoms with van der Waals surface area (Å²) in [5, 5.41) is 1.37. The molecule has 1 aromatic heterocycles. The van der Waals surface area contributed by atoms with Gasteiger partial charge in [0.2, 0.25) is 0 Å². The van der Waals surface area contributed by atoms with Crippen LogP contribution in [0.3, 0.4) is 0 Å². The van der Waals surface area contributed by atoms with Gasteiger partial charge >= 0.3 is 0 Å². The summed E-state index contributed by atoms with van der Waals surface area (Å²) in [7, 11) is 2.27. The molecule has 2 aromatic carbocycles. The van der Waals surface area contributed by atoms with E-state index < -0.39 is 0 Å². The summed E-state index contributed by atoms with van der Waals surface area (Å²) in [5.41, 5.74) is 6.54. The highest BCUT2D eigenvalue weighted by Crippen LogP contribution is 2.47. The number of hydrogen-bond donors (Lipinski definition) is 0. The molecule has 3 heterocycles. The second kappa shape index (κ2) is 7.90. The van der Waals surface area contributed by atoms with E-state index in [1.807, 2.05) is 19.1 Å². The number of fused-ring (bicyclic) bond motifs is 6. The molecule has 162 valence electrons. The predicted octanol–water partition coefficient (Wildman–Crippen LogP) is 5.93. The molecule has 0 amide bonds. The van der Waals surface area contributed by atoms with Crippen molar-refractivity contribution in [1.82, 2.24) is 9.47 Å². The molecule has 1 fully saturated rings. The van der Waals surface area contributed by atoms with E-state index in [0.717, 1.165) is 18.5 Å². The van der Waals surface area contributed by atoms with E-state index in [0.29, 0.717) is 24.9 Å². The fourth-order valence-electron chi connectivity index (χ4n) is 5.84. The number of hydrogen-bond acceptors (Lipinski definition) is 2. The third-order valence-corrected chi connectivity index (χ3v) is 7.59. The number of likely N-dealkylation sites (N-methyl/N-ethyl adjacent to an activating group) is 1. The molecular formula is C27H31FN2O. The number of aromatic nitrogens is 1. The summed E-state index contributed by atoms with van der Waals surface area (Å²) in [6.45, 7) is 4.84. The van der Waals surface area contributed by atoms with Crippen LogP contribution in [0.2, 0.25) is 0 Å². The molecule has 0 spiro atoms. The van der Waals surface area contributed by atoms with Gasteiger partial charge in [0.15, 0.2) is 0 Å². The fourth-order valence-corrected chi connectivity index (χ4v) is 5.84. The van der Waals surface area contributed by atoms with E-state index in [9.17, 15) is 9.18 Å². The Morgan fingerprint density at radius 2 is 1.94 bits per heavy atom. The van der Waals surface area contributed by atoms with E-state index >= 15 is 0 Å². The third kappa shape index (κ3) is 3.51. The second-order valence-corrected chi connectivity index (χ2v) is 9.45. The van der Waals surface area contributed by atoms with Crippen LogP contribution in [-0.2, 0) is 17.8 Å². The molecular weight excluding hydrogens is 387 g/mol. The number of carbonyl (C=O) groups is 1. The van der Waals surface area contributed by atoms with E-state index in [2.05, 4.69) is 41.6 Å². The highest BCUT2D eigenvalue weighted by molar-refractivity contribution is 5.87. The molecule has 0 saturated carbocycles. The van der Waals surface area contributed by atoms with Gasteiger partial charge in [0.05, 0.1) is 0 Å². The van der Waals surface area contributed by atoms with E-state index in [1.165, 1.54) is 52.7 Å². The van der Waals surface area contributed by atoms with Crippen molar-refractivity contribution >= 4 is 16.7 Å². The van der Waals surface area contributed by atoms with Gasteiger partial charge in [-0.3, -0.25) is 9.69 Å². The molecule has 0 N–H and O–H groups in total. The lowest BCUT2D eigenvalue weighted by atomic mass is 9.92. The largest absolute Gasteiger partial charge is 0.344 e. The maximum Gasteiger partial charge on any atom is 0.133 e. The number of benzene rings is 2. The number of Topliss-reactive ketones (excluding diaryl/α,β-unsaturated/α-hetero) is 1. The number of carbonyl (C=O) groups excluding carboxylic acids is 1. The van der Waals surface area contributed by atoms with Gasteiger partial charge in [-0.25, -0.2) is 4.39 Å². The summed E-state index contributed by atoms with van der Waals surface area (Å²) >= 11 is 0. The zero-order chi connectivity index (χ0) is 21.7. The average molecular weight is 419 g/mol. The zero-order valence-electron chi connectivity index (χ0n) is 18.7. The van der Waals surface area contributed by atoms with E-state index in [4.69, 9.17) is 0 Å². The molecule has 5 rings (SSSR count). The first-order chi connectivity index (χ1) is 15.0. The molecule has 3 aromatic rings. The summed E-state index contributed by atoms with van der Waals surface area (Å²) in [6, 6.07) is 14.6. The summed E-state index contributed by atoms with van der Waals surface area (Å²) < 4.78 is 16.1. The Hall–Kier alpha value is -2.46. The molecule has 2 bridgehead atoms. The molecule has 0 radical (unpaired) electrons. The van der Waals surface area contributed by atoms with E-state index in [-0.39, 0.29) is 17.5 Å². The van der Waals surface area contributed by atoms with Crippen molar-refractivity contribution in [2.75, 3.05) is 7.05 Å². The number of aryl methyl sites for hydroxylation is 1. The Morgan fingerprint density at radius 1 is 1.16 bits per heavy atom. The van der Waals surface area contributed by atoms with Crippen LogP contribution in [0.15, 0.2) is 42.5 Å². The summed E-state index contributed by atoms with van der Waals surface area (Å²) in [4.78, 5) is 15.0. The van der Waals surface area contributed by atoms with Gasteiger partial charge in [-0.05, 0) is 62.2 Å². The summed E-state index contributed by atoms with van der Waals surface area (Å²) in [6.07, 6.45) is 4.56. The van der Waals surface area contributed by atoms with Crippen LogP contribution in [0.25, 0.3) is 10.9 Å². The highest BCUT2D eigenvalue weighted by Gasteiger charge is 2.41.